The molecule has 1 aliphatic heterocycles. The maximum atomic E-state index is 12.9. The lowest BCUT2D eigenvalue weighted by Crippen LogP contribution is -2.53. The normalized spacial score (nSPS) is 14.2. The number of likely N-dealkylation sites (tertiary alicyclic amines) is 1. The van der Waals surface area contributed by atoms with Gasteiger partial charge < -0.3 is 14.7 Å². The molecule has 1 aromatic heterocycles. The molecule has 26 heavy (non-hydrogen) atoms. The van der Waals surface area contributed by atoms with Crippen LogP contribution in [0.4, 0.5) is 0 Å². The summed E-state index contributed by atoms with van der Waals surface area (Å²) in [6, 6.07) is 17.1. The van der Waals surface area contributed by atoms with E-state index in [-0.39, 0.29) is 5.91 Å². The number of aliphatic hydroxyl groups excluding tert-OH is 1. The molecule has 2 heterocycles. The van der Waals surface area contributed by atoms with Crippen LogP contribution in [0.3, 0.4) is 0 Å². The highest BCUT2D eigenvalue weighted by Gasteiger charge is 2.32. The average Bonchev–Trinajstić information content (AvgIpc) is 3.11. The number of methoxy groups -OCH3 is 1. The Kier molecular flexibility index (Phi) is 4.18. The second-order valence-electron chi connectivity index (χ2n) is 6.26. The molecule has 0 radical (unpaired) electrons. The van der Waals surface area contributed by atoms with Crippen molar-refractivity contribution in [2.45, 2.75) is 6.10 Å². The van der Waals surface area contributed by atoms with Gasteiger partial charge in [-0.15, -0.1) is 0 Å². The van der Waals surface area contributed by atoms with E-state index >= 15 is 0 Å². The molecule has 0 atom stereocenters. The third kappa shape index (κ3) is 2.95. The van der Waals surface area contributed by atoms with Crippen molar-refractivity contribution in [3.05, 3.63) is 66.4 Å². The molecule has 0 bridgehead atoms. The van der Waals surface area contributed by atoms with Crippen LogP contribution in [0.15, 0.2) is 60.8 Å². The number of benzene rings is 2. The lowest BCUT2D eigenvalue weighted by atomic mass is 10.0. The van der Waals surface area contributed by atoms with Crippen LogP contribution in [0.1, 0.15) is 10.4 Å². The molecule has 3 aromatic rings. The molecule has 1 N–H and O–H groups in total. The van der Waals surface area contributed by atoms with Crippen LogP contribution in [0, 0.1) is 0 Å². The fourth-order valence-electron chi connectivity index (χ4n) is 3.00. The van der Waals surface area contributed by atoms with Crippen LogP contribution in [0.25, 0.3) is 16.9 Å². The lowest BCUT2D eigenvalue weighted by Gasteiger charge is -2.35. The maximum absolute atomic E-state index is 12.9. The summed E-state index contributed by atoms with van der Waals surface area (Å²) < 4.78 is 6.92. The predicted octanol–water partition coefficient (Wildman–Crippen LogP) is 2.36. The minimum absolute atomic E-state index is 0.122. The van der Waals surface area contributed by atoms with Crippen LogP contribution >= 0.6 is 0 Å². The molecule has 6 nitrogen and oxygen atoms in total. The number of para-hydroxylation sites is 1. The molecular formula is C20H19N3O3. The highest BCUT2D eigenvalue weighted by molar-refractivity contribution is 6.00. The molecule has 0 spiro atoms. The zero-order valence-corrected chi connectivity index (χ0v) is 14.4. The molecule has 132 valence electrons. The molecule has 1 amide bonds. The van der Waals surface area contributed by atoms with Crippen LogP contribution in [-0.2, 0) is 0 Å². The molecule has 0 saturated carbocycles. The van der Waals surface area contributed by atoms with Crippen molar-refractivity contribution in [2.24, 2.45) is 0 Å². The number of aliphatic hydroxyl groups is 1. The summed E-state index contributed by atoms with van der Waals surface area (Å²) in [5, 5.41) is 14.2. The Labute approximate surface area is 151 Å². The standard InChI is InChI=1S/C20H19N3O3/c1-26-17-9-7-14(8-10-17)19-18(20(25)22-11-16(24)12-22)13-23(21-19)15-5-3-2-4-6-15/h2-10,13,16,24H,11-12H2,1H3. The largest absolute Gasteiger partial charge is 0.497 e. The lowest BCUT2D eigenvalue weighted by molar-refractivity contribution is 0.00594. The summed E-state index contributed by atoms with van der Waals surface area (Å²) in [6.45, 7) is 0.717. The quantitative estimate of drug-likeness (QED) is 0.785. The molecule has 0 unspecified atom stereocenters. The Balaban J connectivity index is 1.77. The zero-order chi connectivity index (χ0) is 18.1. The predicted molar refractivity (Wildman–Crippen MR) is 97.5 cm³/mol. The van der Waals surface area contributed by atoms with Crippen molar-refractivity contribution < 1.29 is 14.6 Å². The van der Waals surface area contributed by atoms with Gasteiger partial charge in [-0.3, -0.25) is 4.79 Å². The first-order valence-corrected chi connectivity index (χ1v) is 8.42. The van der Waals surface area contributed by atoms with E-state index in [9.17, 15) is 9.90 Å². The van der Waals surface area contributed by atoms with E-state index in [2.05, 4.69) is 5.10 Å². The molecule has 0 aliphatic carbocycles. The van der Waals surface area contributed by atoms with Crippen molar-refractivity contribution in [1.29, 1.82) is 0 Å². The number of hydrogen-bond acceptors (Lipinski definition) is 4. The Morgan fingerprint density at radius 1 is 1.12 bits per heavy atom. The molecule has 4 rings (SSSR count). The number of β-amino-alcohol motifs (C(OH)–C–C–N with tert-alkyl or cyclic N) is 1. The fraction of sp³-hybridized carbons (Fsp3) is 0.200. The van der Waals surface area contributed by atoms with E-state index in [4.69, 9.17) is 4.74 Å². The minimum Gasteiger partial charge on any atom is -0.497 e. The summed E-state index contributed by atoms with van der Waals surface area (Å²) in [7, 11) is 1.61. The van der Waals surface area contributed by atoms with E-state index in [1.807, 2.05) is 54.6 Å². The van der Waals surface area contributed by atoms with E-state index < -0.39 is 6.10 Å². The molecule has 1 saturated heterocycles. The number of hydrogen-bond donors (Lipinski definition) is 1. The maximum Gasteiger partial charge on any atom is 0.257 e. The third-order valence-electron chi connectivity index (χ3n) is 4.48. The molecule has 1 aliphatic rings. The van der Waals surface area contributed by atoms with Gasteiger partial charge in [0, 0.05) is 24.8 Å². The first-order chi connectivity index (χ1) is 12.7. The smallest absolute Gasteiger partial charge is 0.257 e. The Bertz CT molecular complexity index is 913. The summed E-state index contributed by atoms with van der Waals surface area (Å²) >= 11 is 0. The van der Waals surface area contributed by atoms with E-state index in [0.29, 0.717) is 24.3 Å². The summed E-state index contributed by atoms with van der Waals surface area (Å²) in [5.41, 5.74) is 2.85. The fourth-order valence-corrected chi connectivity index (χ4v) is 3.00. The van der Waals surface area contributed by atoms with Gasteiger partial charge in [-0.25, -0.2) is 4.68 Å². The van der Waals surface area contributed by atoms with Gasteiger partial charge >= 0.3 is 0 Å². The van der Waals surface area contributed by atoms with E-state index in [0.717, 1.165) is 17.0 Å². The first-order valence-electron chi connectivity index (χ1n) is 8.42. The number of amides is 1. The number of nitrogens with zero attached hydrogens (tertiary/aromatic N) is 3. The Morgan fingerprint density at radius 2 is 1.81 bits per heavy atom. The second-order valence-corrected chi connectivity index (χ2v) is 6.26. The van der Waals surface area contributed by atoms with Crippen LogP contribution in [-0.4, -0.2) is 52.0 Å². The number of carbonyl (C=O) groups excluding carboxylic acids is 1. The number of rotatable bonds is 4. The first kappa shape index (κ1) is 16.4. The van der Waals surface area contributed by atoms with Crippen molar-refractivity contribution in [3.63, 3.8) is 0 Å². The summed E-state index contributed by atoms with van der Waals surface area (Å²) in [6.07, 6.45) is 1.31. The zero-order valence-electron chi connectivity index (χ0n) is 14.4. The van der Waals surface area contributed by atoms with Crippen LogP contribution < -0.4 is 4.74 Å². The van der Waals surface area contributed by atoms with Gasteiger partial charge in [0.1, 0.15) is 11.4 Å². The topological polar surface area (TPSA) is 67.6 Å². The molecule has 6 heteroatoms. The van der Waals surface area contributed by atoms with Gasteiger partial charge in [0.2, 0.25) is 0 Å². The van der Waals surface area contributed by atoms with E-state index in [1.165, 1.54) is 0 Å². The summed E-state index contributed by atoms with van der Waals surface area (Å²) in [4.78, 5) is 14.5. The minimum atomic E-state index is -0.437. The van der Waals surface area contributed by atoms with Crippen molar-refractivity contribution >= 4 is 5.91 Å². The highest BCUT2D eigenvalue weighted by atomic mass is 16.5. The van der Waals surface area contributed by atoms with E-state index in [1.54, 1.807) is 22.9 Å². The monoisotopic (exact) mass is 349 g/mol. The van der Waals surface area contributed by atoms with Crippen LogP contribution in [0.5, 0.6) is 5.75 Å². The molecule has 2 aromatic carbocycles. The Morgan fingerprint density at radius 3 is 2.42 bits per heavy atom. The van der Waals surface area contributed by atoms with Gasteiger partial charge in [-0.2, -0.15) is 5.10 Å². The SMILES string of the molecule is COc1ccc(-c2nn(-c3ccccc3)cc2C(=O)N2CC(O)C2)cc1. The van der Waals surface area contributed by atoms with Crippen molar-refractivity contribution in [2.75, 3.05) is 20.2 Å². The van der Waals surface area contributed by atoms with Gasteiger partial charge in [-0.05, 0) is 36.4 Å². The van der Waals surface area contributed by atoms with Crippen LogP contribution in [0.2, 0.25) is 0 Å². The Hall–Kier alpha value is -3.12. The number of carbonyl (C=O) groups is 1. The average molecular weight is 349 g/mol. The van der Waals surface area contributed by atoms with Gasteiger partial charge in [0.15, 0.2) is 0 Å². The second kappa shape index (κ2) is 6.65. The summed E-state index contributed by atoms with van der Waals surface area (Å²) in [5.74, 6) is 0.623. The molecule has 1 fully saturated rings. The highest BCUT2D eigenvalue weighted by Crippen LogP contribution is 2.27. The van der Waals surface area contributed by atoms with Gasteiger partial charge in [0.05, 0.1) is 24.5 Å². The third-order valence-corrected chi connectivity index (χ3v) is 4.48. The van der Waals surface area contributed by atoms with Crippen molar-refractivity contribution in [3.8, 4) is 22.7 Å². The molecular weight excluding hydrogens is 330 g/mol. The van der Waals surface area contributed by atoms with Crippen molar-refractivity contribution in [1.82, 2.24) is 14.7 Å². The van der Waals surface area contributed by atoms with Gasteiger partial charge in [-0.1, -0.05) is 18.2 Å². The van der Waals surface area contributed by atoms with Gasteiger partial charge in [0.25, 0.3) is 5.91 Å². The number of aromatic nitrogens is 2. The number of ether oxygens (including phenoxy) is 1.